The van der Waals surface area contributed by atoms with Gasteiger partial charge in [0.25, 0.3) is 0 Å². The van der Waals surface area contributed by atoms with Crippen molar-refractivity contribution in [1.82, 2.24) is 9.88 Å². The van der Waals surface area contributed by atoms with Gasteiger partial charge in [-0.05, 0) is 18.6 Å². The lowest BCUT2D eigenvalue weighted by Crippen LogP contribution is -2.48. The zero-order valence-corrected chi connectivity index (χ0v) is 10.9. The predicted molar refractivity (Wildman–Crippen MR) is 76.0 cm³/mol. The molecule has 0 radical (unpaired) electrons. The van der Waals surface area contributed by atoms with Crippen LogP contribution < -0.4 is 4.90 Å². The molecule has 20 heavy (non-hydrogen) atoms. The van der Waals surface area contributed by atoms with E-state index in [1.165, 1.54) is 5.69 Å². The zero-order chi connectivity index (χ0) is 13.7. The number of rotatable bonds is 1. The first-order valence-corrected chi connectivity index (χ1v) is 6.84. The van der Waals surface area contributed by atoms with Crippen LogP contribution >= 0.6 is 0 Å². The molecule has 2 bridgehead atoms. The maximum absolute atomic E-state index is 11.1. The third-order valence-corrected chi connectivity index (χ3v) is 4.42. The molecule has 1 amide bonds. The standard InChI is InChI=1S/C15H15N3O2/c19-15(20)18-9-10-7-11(18)8-17(10)14-5-6-16-13-4-2-1-3-12(13)14/h1-6,10-11H,7-9H2,(H,19,20)/t10-,11-/m0/s1. The Kier molecular flexibility index (Phi) is 2.36. The molecule has 0 saturated carbocycles. The number of pyridine rings is 1. The van der Waals surface area contributed by atoms with Crippen molar-refractivity contribution in [2.24, 2.45) is 0 Å². The average Bonchev–Trinajstić information content (AvgIpc) is 3.06. The zero-order valence-electron chi connectivity index (χ0n) is 10.9. The minimum Gasteiger partial charge on any atom is -0.465 e. The Morgan fingerprint density at radius 2 is 2.05 bits per heavy atom. The summed E-state index contributed by atoms with van der Waals surface area (Å²) in [5, 5.41) is 10.3. The smallest absolute Gasteiger partial charge is 0.407 e. The Morgan fingerprint density at radius 3 is 2.80 bits per heavy atom. The number of carbonyl (C=O) groups is 1. The quantitative estimate of drug-likeness (QED) is 0.862. The van der Waals surface area contributed by atoms with Crippen LogP contribution in [-0.4, -0.2) is 46.3 Å². The van der Waals surface area contributed by atoms with Crippen molar-refractivity contribution in [3.8, 4) is 0 Å². The van der Waals surface area contributed by atoms with Gasteiger partial charge in [0.05, 0.1) is 11.6 Å². The number of benzene rings is 1. The van der Waals surface area contributed by atoms with Crippen molar-refractivity contribution < 1.29 is 9.90 Å². The van der Waals surface area contributed by atoms with Crippen LogP contribution in [0.4, 0.5) is 10.5 Å². The third kappa shape index (κ3) is 1.56. The summed E-state index contributed by atoms with van der Waals surface area (Å²) < 4.78 is 0. The Balaban J connectivity index is 1.71. The molecule has 4 rings (SSSR count). The number of anilines is 1. The van der Waals surface area contributed by atoms with Gasteiger partial charge in [0.1, 0.15) is 0 Å². The number of carboxylic acid groups (broad SMARTS) is 1. The molecule has 102 valence electrons. The van der Waals surface area contributed by atoms with E-state index in [0.717, 1.165) is 23.9 Å². The highest BCUT2D eigenvalue weighted by Crippen LogP contribution is 2.37. The van der Waals surface area contributed by atoms with E-state index in [1.54, 1.807) is 4.90 Å². The number of likely N-dealkylation sites (tertiary alicyclic amines) is 1. The molecular weight excluding hydrogens is 254 g/mol. The molecule has 1 aromatic heterocycles. The van der Waals surface area contributed by atoms with Gasteiger partial charge in [-0.25, -0.2) is 4.79 Å². The second-order valence-corrected chi connectivity index (χ2v) is 5.48. The number of fused-ring (bicyclic) bond motifs is 3. The number of hydrogen-bond donors (Lipinski definition) is 1. The molecule has 1 N–H and O–H groups in total. The van der Waals surface area contributed by atoms with Crippen molar-refractivity contribution in [2.75, 3.05) is 18.0 Å². The molecular formula is C15H15N3O2. The van der Waals surface area contributed by atoms with Gasteiger partial charge < -0.3 is 14.9 Å². The number of piperazine rings is 1. The topological polar surface area (TPSA) is 56.7 Å². The first-order chi connectivity index (χ1) is 9.74. The Labute approximate surface area is 116 Å². The predicted octanol–water partition coefficient (Wildman–Crippen LogP) is 2.18. The SMILES string of the molecule is O=C(O)N1C[C@@H]2C[C@H]1CN2c1ccnc2ccccc12. The van der Waals surface area contributed by atoms with E-state index >= 15 is 0 Å². The summed E-state index contributed by atoms with van der Waals surface area (Å²) in [6, 6.07) is 10.6. The number of aromatic nitrogens is 1. The van der Waals surface area contributed by atoms with Crippen LogP contribution in [0.1, 0.15) is 6.42 Å². The summed E-state index contributed by atoms with van der Waals surface area (Å²) >= 11 is 0. The molecule has 2 saturated heterocycles. The first kappa shape index (κ1) is 11.5. The summed E-state index contributed by atoms with van der Waals surface area (Å²) in [4.78, 5) is 19.4. The average molecular weight is 269 g/mol. The summed E-state index contributed by atoms with van der Waals surface area (Å²) in [6.07, 6.45) is 1.97. The Bertz CT molecular complexity index is 682. The fourth-order valence-electron chi connectivity index (χ4n) is 3.53. The van der Waals surface area contributed by atoms with E-state index in [2.05, 4.69) is 16.0 Å². The highest BCUT2D eigenvalue weighted by Gasteiger charge is 2.45. The van der Waals surface area contributed by atoms with Crippen molar-refractivity contribution in [2.45, 2.75) is 18.5 Å². The lowest BCUT2D eigenvalue weighted by molar-refractivity contribution is 0.137. The highest BCUT2D eigenvalue weighted by molar-refractivity contribution is 5.92. The third-order valence-electron chi connectivity index (χ3n) is 4.42. The van der Waals surface area contributed by atoms with Crippen LogP contribution in [-0.2, 0) is 0 Å². The minimum atomic E-state index is -0.795. The van der Waals surface area contributed by atoms with Gasteiger partial charge in [-0.3, -0.25) is 4.98 Å². The summed E-state index contributed by atoms with van der Waals surface area (Å²) in [5.41, 5.74) is 2.16. The molecule has 2 fully saturated rings. The molecule has 2 aliphatic heterocycles. The summed E-state index contributed by atoms with van der Waals surface area (Å²) in [5.74, 6) is 0. The van der Waals surface area contributed by atoms with E-state index < -0.39 is 6.09 Å². The van der Waals surface area contributed by atoms with Crippen LogP contribution in [0.5, 0.6) is 0 Å². The summed E-state index contributed by atoms with van der Waals surface area (Å²) in [7, 11) is 0. The van der Waals surface area contributed by atoms with Gasteiger partial charge in [-0.2, -0.15) is 0 Å². The lowest BCUT2D eigenvalue weighted by Gasteiger charge is -2.34. The number of nitrogens with zero attached hydrogens (tertiary/aromatic N) is 3. The largest absolute Gasteiger partial charge is 0.465 e. The van der Waals surface area contributed by atoms with E-state index in [1.807, 2.05) is 30.5 Å². The van der Waals surface area contributed by atoms with Gasteiger partial charge in [0.2, 0.25) is 0 Å². The van der Waals surface area contributed by atoms with Crippen LogP contribution in [0.2, 0.25) is 0 Å². The summed E-state index contributed by atoms with van der Waals surface area (Å²) in [6.45, 7) is 1.39. The number of amides is 1. The fourth-order valence-corrected chi connectivity index (χ4v) is 3.53. The van der Waals surface area contributed by atoms with Crippen molar-refractivity contribution in [3.05, 3.63) is 36.5 Å². The molecule has 5 heteroatoms. The molecule has 5 nitrogen and oxygen atoms in total. The van der Waals surface area contributed by atoms with Gasteiger partial charge in [-0.15, -0.1) is 0 Å². The van der Waals surface area contributed by atoms with Crippen LogP contribution in [0, 0.1) is 0 Å². The highest BCUT2D eigenvalue weighted by atomic mass is 16.4. The molecule has 0 aliphatic carbocycles. The molecule has 0 unspecified atom stereocenters. The Hall–Kier alpha value is -2.30. The lowest BCUT2D eigenvalue weighted by atomic mass is 10.1. The minimum absolute atomic E-state index is 0.129. The van der Waals surface area contributed by atoms with E-state index in [0.29, 0.717) is 12.6 Å². The normalized spacial score (nSPS) is 24.6. The number of hydrogen-bond acceptors (Lipinski definition) is 3. The van der Waals surface area contributed by atoms with Crippen molar-refractivity contribution in [1.29, 1.82) is 0 Å². The second-order valence-electron chi connectivity index (χ2n) is 5.48. The maximum Gasteiger partial charge on any atom is 0.407 e. The van der Waals surface area contributed by atoms with E-state index in [4.69, 9.17) is 5.11 Å². The van der Waals surface area contributed by atoms with Crippen molar-refractivity contribution in [3.63, 3.8) is 0 Å². The fraction of sp³-hybridized carbons (Fsp3) is 0.333. The van der Waals surface area contributed by atoms with Gasteiger partial charge >= 0.3 is 6.09 Å². The van der Waals surface area contributed by atoms with Crippen LogP contribution in [0.15, 0.2) is 36.5 Å². The van der Waals surface area contributed by atoms with E-state index in [9.17, 15) is 4.79 Å². The molecule has 0 spiro atoms. The molecule has 2 aliphatic rings. The second kappa shape index (κ2) is 4.10. The van der Waals surface area contributed by atoms with Gasteiger partial charge in [0.15, 0.2) is 0 Å². The molecule has 2 atom stereocenters. The molecule has 2 aromatic rings. The van der Waals surface area contributed by atoms with Gasteiger partial charge in [-0.1, -0.05) is 18.2 Å². The molecule has 3 heterocycles. The van der Waals surface area contributed by atoms with Crippen LogP contribution in [0.25, 0.3) is 10.9 Å². The van der Waals surface area contributed by atoms with Crippen LogP contribution in [0.3, 0.4) is 0 Å². The van der Waals surface area contributed by atoms with Gasteiger partial charge in [0, 0.05) is 36.4 Å². The number of para-hydroxylation sites is 1. The van der Waals surface area contributed by atoms with E-state index in [-0.39, 0.29) is 6.04 Å². The Morgan fingerprint density at radius 1 is 1.20 bits per heavy atom. The van der Waals surface area contributed by atoms with Crippen molar-refractivity contribution >= 4 is 22.7 Å². The maximum atomic E-state index is 11.1. The first-order valence-electron chi connectivity index (χ1n) is 6.84. The molecule has 1 aromatic carbocycles. The monoisotopic (exact) mass is 269 g/mol.